The molecule has 0 radical (unpaired) electrons. The molecule has 0 bridgehead atoms. The van der Waals surface area contributed by atoms with E-state index in [4.69, 9.17) is 5.73 Å². The van der Waals surface area contributed by atoms with Gasteiger partial charge in [0.25, 0.3) is 0 Å². The number of hydroxylamine groups is 1. The fraction of sp³-hybridized carbons (Fsp3) is 0.286. The molecule has 1 aromatic carbocycles. The monoisotopic (exact) mass is 443 g/mol. The zero-order chi connectivity index (χ0) is 19.6. The first-order chi connectivity index (χ1) is 12.8. The van der Waals surface area contributed by atoms with Crippen LogP contribution < -0.4 is 16.5 Å². The molecule has 1 saturated heterocycles. The zero-order valence-electron chi connectivity index (χ0n) is 13.7. The van der Waals surface area contributed by atoms with Gasteiger partial charge < -0.3 is 21.1 Å². The number of amides is 2. The number of nitrogens with one attached hydrogen (secondary N) is 2. The number of hydrogen-bond donors (Lipinski definition) is 5. The Morgan fingerprint density at radius 3 is 2.85 bits per heavy atom. The lowest BCUT2D eigenvalue weighted by molar-refractivity contribution is -0.0633. The van der Waals surface area contributed by atoms with Crippen LogP contribution in [0.4, 0.5) is 20.7 Å². The first-order valence-electron chi connectivity index (χ1n) is 7.59. The molecule has 144 valence electrons. The van der Waals surface area contributed by atoms with E-state index in [1.54, 1.807) is 0 Å². The van der Waals surface area contributed by atoms with Gasteiger partial charge >= 0.3 is 6.03 Å². The Bertz CT molecular complexity index is 884. The van der Waals surface area contributed by atoms with Crippen LogP contribution in [0.5, 0.6) is 0 Å². The van der Waals surface area contributed by atoms with Gasteiger partial charge in [-0.3, -0.25) is 10.7 Å². The Balaban J connectivity index is 1.73. The van der Waals surface area contributed by atoms with Gasteiger partial charge in [0, 0.05) is 6.54 Å². The average molecular weight is 444 g/mol. The highest BCUT2D eigenvalue weighted by Gasteiger charge is 2.43. The van der Waals surface area contributed by atoms with Crippen molar-refractivity contribution in [2.24, 2.45) is 10.7 Å². The quantitative estimate of drug-likeness (QED) is 0.254. The Labute approximate surface area is 160 Å². The van der Waals surface area contributed by atoms with Crippen LogP contribution in [-0.2, 0) is 0 Å². The molecule has 1 fully saturated rings. The van der Waals surface area contributed by atoms with Crippen molar-refractivity contribution in [3.8, 4) is 0 Å². The maximum absolute atomic E-state index is 13.3. The van der Waals surface area contributed by atoms with Gasteiger partial charge in [-0.1, -0.05) is 0 Å². The number of aromatic nitrogens is 2. The van der Waals surface area contributed by atoms with E-state index in [1.165, 1.54) is 23.1 Å². The van der Waals surface area contributed by atoms with Crippen LogP contribution in [0.15, 0.2) is 32.3 Å². The summed E-state index contributed by atoms with van der Waals surface area (Å²) in [4.78, 5) is 16.4. The Morgan fingerprint density at radius 2 is 2.22 bits per heavy atom. The highest BCUT2D eigenvalue weighted by molar-refractivity contribution is 9.10. The summed E-state index contributed by atoms with van der Waals surface area (Å²) in [6.07, 6.45) is 0. The molecule has 0 aliphatic carbocycles. The van der Waals surface area contributed by atoms with Crippen molar-refractivity contribution in [3.05, 3.63) is 34.2 Å². The molecule has 0 unspecified atom stereocenters. The molecule has 0 spiro atoms. The smallest absolute Gasteiger partial charge is 0.314 e. The molecule has 0 saturated carbocycles. The van der Waals surface area contributed by atoms with Crippen molar-refractivity contribution in [2.75, 3.05) is 25.0 Å². The number of nitrogens with zero attached hydrogens (tertiary/aromatic N) is 4. The Kier molecular flexibility index (Phi) is 5.25. The molecule has 1 aliphatic rings. The van der Waals surface area contributed by atoms with Crippen LogP contribution >= 0.6 is 15.9 Å². The summed E-state index contributed by atoms with van der Waals surface area (Å²) in [5.74, 6) is -0.476. The van der Waals surface area contributed by atoms with Gasteiger partial charge in [-0.05, 0) is 44.4 Å². The number of carbonyl (C=O) groups is 1. The minimum absolute atomic E-state index is 0.0266. The van der Waals surface area contributed by atoms with Gasteiger partial charge in [0.2, 0.25) is 5.82 Å². The number of rotatable bonds is 5. The zero-order valence-corrected chi connectivity index (χ0v) is 15.3. The number of amidine groups is 1. The largest absolute Gasteiger partial charge is 0.384 e. The Hall–Kier alpha value is -2.77. The molecule has 2 aromatic rings. The number of nitrogens with two attached hydrogens (primary N) is 1. The molecule has 27 heavy (non-hydrogen) atoms. The summed E-state index contributed by atoms with van der Waals surface area (Å²) < 4.78 is 18.2. The average Bonchev–Trinajstić information content (AvgIpc) is 3.06. The molecular weight excluding hydrogens is 429 g/mol. The van der Waals surface area contributed by atoms with E-state index in [0.29, 0.717) is 5.69 Å². The number of benzene rings is 1. The van der Waals surface area contributed by atoms with Crippen molar-refractivity contribution >= 4 is 39.3 Å². The van der Waals surface area contributed by atoms with Crippen LogP contribution in [0.2, 0.25) is 0 Å². The SMILES string of the molecule is NC(=O)N1CC(O)(CNc2nonc2C(=Nc2ccc(F)c(Br)c2)NO)C1. The maximum atomic E-state index is 13.3. The fourth-order valence-electron chi connectivity index (χ4n) is 2.45. The number of likely N-dealkylation sites (tertiary alicyclic amines) is 1. The van der Waals surface area contributed by atoms with Gasteiger partial charge in [-0.2, -0.15) is 0 Å². The summed E-state index contributed by atoms with van der Waals surface area (Å²) >= 11 is 3.05. The van der Waals surface area contributed by atoms with Crippen molar-refractivity contribution in [1.82, 2.24) is 20.7 Å². The number of primary amides is 1. The molecule has 1 aliphatic heterocycles. The lowest BCUT2D eigenvalue weighted by Crippen LogP contribution is -2.67. The normalized spacial score (nSPS) is 16.0. The highest BCUT2D eigenvalue weighted by atomic mass is 79.9. The standard InChI is InChI=1S/C14H15BrFN7O4/c15-8-3-7(1-2-9(8)16)19-12(20-26)10-11(22-27-21-10)18-4-14(25)5-23(6-14)13(17)24/h1-3,25-26H,4-6H2,(H2,17,24)(H,18,22)(H,19,20). The van der Waals surface area contributed by atoms with Gasteiger partial charge in [0.05, 0.1) is 23.2 Å². The van der Waals surface area contributed by atoms with E-state index in [0.717, 1.165) is 0 Å². The summed E-state index contributed by atoms with van der Waals surface area (Å²) in [6.45, 7) is 0.163. The van der Waals surface area contributed by atoms with Crippen molar-refractivity contribution in [1.29, 1.82) is 0 Å². The van der Waals surface area contributed by atoms with Crippen LogP contribution in [0.1, 0.15) is 5.69 Å². The van der Waals surface area contributed by atoms with Gasteiger partial charge in [0.15, 0.2) is 11.5 Å². The molecule has 13 heteroatoms. The van der Waals surface area contributed by atoms with E-state index in [9.17, 15) is 19.5 Å². The van der Waals surface area contributed by atoms with Crippen LogP contribution in [-0.4, -0.2) is 62.6 Å². The van der Waals surface area contributed by atoms with Crippen molar-refractivity contribution < 1.29 is 24.1 Å². The molecule has 11 nitrogen and oxygen atoms in total. The first-order valence-corrected chi connectivity index (χ1v) is 8.38. The number of aliphatic hydroxyl groups is 1. The van der Waals surface area contributed by atoms with Gasteiger partial charge in [-0.25, -0.2) is 18.8 Å². The summed E-state index contributed by atoms with van der Waals surface area (Å²) in [5.41, 5.74) is 6.18. The van der Waals surface area contributed by atoms with Crippen LogP contribution in [0.3, 0.4) is 0 Å². The minimum atomic E-state index is -1.18. The Morgan fingerprint density at radius 1 is 1.48 bits per heavy atom. The topological polar surface area (TPSA) is 162 Å². The third-order valence-corrected chi connectivity index (χ3v) is 4.44. The van der Waals surface area contributed by atoms with Crippen molar-refractivity contribution in [2.45, 2.75) is 5.60 Å². The number of β-amino-alcohol motifs (C(OH)–C–C–N with tert-alkyl or cyclic N) is 1. The maximum Gasteiger partial charge on any atom is 0.314 e. The van der Waals surface area contributed by atoms with E-state index >= 15 is 0 Å². The number of anilines is 1. The number of urea groups is 1. The van der Waals surface area contributed by atoms with E-state index in [2.05, 4.69) is 41.2 Å². The summed E-state index contributed by atoms with van der Waals surface area (Å²) in [5, 5.41) is 29.8. The van der Waals surface area contributed by atoms with E-state index in [1.807, 2.05) is 5.48 Å². The van der Waals surface area contributed by atoms with Crippen LogP contribution in [0.25, 0.3) is 0 Å². The number of carbonyl (C=O) groups excluding carboxylic acids is 1. The molecule has 0 atom stereocenters. The second-order valence-electron chi connectivity index (χ2n) is 5.90. The first kappa shape index (κ1) is 19.0. The third-order valence-electron chi connectivity index (χ3n) is 3.83. The molecular formula is C14H15BrFN7O4. The predicted molar refractivity (Wildman–Crippen MR) is 94.1 cm³/mol. The third kappa shape index (κ3) is 4.15. The lowest BCUT2D eigenvalue weighted by Gasteiger charge is -2.45. The van der Waals surface area contributed by atoms with Crippen LogP contribution in [0, 0.1) is 5.82 Å². The van der Waals surface area contributed by atoms with E-state index < -0.39 is 17.4 Å². The van der Waals surface area contributed by atoms with E-state index in [-0.39, 0.29) is 41.5 Å². The molecule has 3 rings (SSSR count). The number of halogens is 2. The number of aliphatic imine (C=N–C) groups is 1. The summed E-state index contributed by atoms with van der Waals surface area (Å²) in [6, 6.07) is 3.39. The fourth-order valence-corrected chi connectivity index (χ4v) is 2.82. The molecule has 2 heterocycles. The second-order valence-corrected chi connectivity index (χ2v) is 6.76. The molecule has 2 amide bonds. The molecule has 1 aromatic heterocycles. The van der Waals surface area contributed by atoms with Gasteiger partial charge in [0.1, 0.15) is 11.4 Å². The number of hydrogen-bond acceptors (Lipinski definition) is 8. The van der Waals surface area contributed by atoms with Crippen molar-refractivity contribution in [3.63, 3.8) is 0 Å². The summed E-state index contributed by atoms with van der Waals surface area (Å²) in [7, 11) is 0. The highest BCUT2D eigenvalue weighted by Crippen LogP contribution is 2.24. The molecule has 6 N–H and O–H groups in total. The predicted octanol–water partition coefficient (Wildman–Crippen LogP) is 0.566. The minimum Gasteiger partial charge on any atom is -0.384 e. The van der Waals surface area contributed by atoms with Gasteiger partial charge in [-0.15, -0.1) is 0 Å². The lowest BCUT2D eigenvalue weighted by atomic mass is 9.94. The second kappa shape index (κ2) is 7.46.